The smallest absolute Gasteiger partial charge is 0.253 e. The molecule has 1 N–H and O–H groups in total. The molecule has 3 heterocycles. The lowest BCUT2D eigenvalue weighted by atomic mass is 10.0. The first-order valence-corrected chi connectivity index (χ1v) is 14.7. The molecule has 214 valence electrons. The molecule has 0 aliphatic carbocycles. The summed E-state index contributed by atoms with van der Waals surface area (Å²) in [6, 6.07) is 16.0. The quantitative estimate of drug-likeness (QED) is 0.340. The summed E-state index contributed by atoms with van der Waals surface area (Å²) in [5, 5.41) is 4.31. The summed E-state index contributed by atoms with van der Waals surface area (Å²) >= 11 is 18.6. The van der Waals surface area contributed by atoms with Crippen LogP contribution in [0.25, 0.3) is 0 Å². The standard InChI is InChI=1S/C30H34Cl3N5O2.H2/c1-40-25-5-2-21(3-6-25)20-36-10-8-24(9-11-36)37-12-14-38(15-13-37)29-28(33)17-23(19-34-29)30(39)35-18-22-4-7-26(31)27(32)16-22;/h2-7,16-17,19,24H,8-15,18,20H2,1H3,(H,35,39);1H. The van der Waals surface area contributed by atoms with E-state index in [1.807, 2.05) is 18.2 Å². The number of hydrogen-bond donors (Lipinski definition) is 1. The Morgan fingerprint density at radius 3 is 2.27 bits per heavy atom. The minimum Gasteiger partial charge on any atom is -0.497 e. The molecule has 2 aliphatic rings. The zero-order valence-corrected chi connectivity index (χ0v) is 24.9. The van der Waals surface area contributed by atoms with Gasteiger partial charge >= 0.3 is 0 Å². The maximum Gasteiger partial charge on any atom is 0.253 e. The minimum atomic E-state index is -0.241. The number of pyridine rings is 1. The number of halogens is 3. The van der Waals surface area contributed by atoms with Crippen LogP contribution in [0.15, 0.2) is 54.7 Å². The van der Waals surface area contributed by atoms with Gasteiger partial charge in [0.2, 0.25) is 0 Å². The van der Waals surface area contributed by atoms with Gasteiger partial charge in [0, 0.05) is 52.9 Å². The summed E-state index contributed by atoms with van der Waals surface area (Å²) in [7, 11) is 1.70. The molecule has 0 atom stereocenters. The van der Waals surface area contributed by atoms with E-state index in [1.165, 1.54) is 18.4 Å². The van der Waals surface area contributed by atoms with Crippen molar-refractivity contribution < 1.29 is 11.0 Å². The molecule has 1 amide bonds. The van der Waals surface area contributed by atoms with Gasteiger partial charge < -0.3 is 15.0 Å². The molecule has 0 bridgehead atoms. The van der Waals surface area contributed by atoms with Crippen LogP contribution in [-0.2, 0) is 13.1 Å². The fraction of sp³-hybridized carbons (Fsp3) is 0.400. The first-order chi connectivity index (χ1) is 19.4. The number of aromatic nitrogens is 1. The van der Waals surface area contributed by atoms with Crippen LogP contribution in [0, 0.1) is 0 Å². The molecule has 0 saturated carbocycles. The SMILES string of the molecule is COc1ccc(CN2CCC(N3CCN(c4ncc(C(=O)NCc5ccc(Cl)c(Cl)c5)cc4Cl)CC3)CC2)cc1.[HH]. The van der Waals surface area contributed by atoms with Gasteiger partial charge in [0.25, 0.3) is 5.91 Å². The zero-order valence-electron chi connectivity index (χ0n) is 22.6. The van der Waals surface area contributed by atoms with Crippen molar-refractivity contribution in [2.24, 2.45) is 0 Å². The number of rotatable bonds is 8. The maximum absolute atomic E-state index is 12.7. The third-order valence-electron chi connectivity index (χ3n) is 7.77. The average Bonchev–Trinajstić information content (AvgIpc) is 2.98. The van der Waals surface area contributed by atoms with Crippen LogP contribution in [0.3, 0.4) is 0 Å². The Morgan fingerprint density at radius 2 is 1.62 bits per heavy atom. The molecule has 0 radical (unpaired) electrons. The highest BCUT2D eigenvalue weighted by atomic mass is 35.5. The third kappa shape index (κ3) is 7.20. The monoisotopic (exact) mass is 603 g/mol. The molecule has 3 aromatic rings. The predicted molar refractivity (Wildman–Crippen MR) is 164 cm³/mol. The van der Waals surface area contributed by atoms with E-state index in [1.54, 1.807) is 31.5 Å². The molecular formula is C30H36Cl3N5O2. The number of methoxy groups -OCH3 is 1. The number of piperidine rings is 1. The Morgan fingerprint density at radius 1 is 0.925 bits per heavy atom. The highest BCUT2D eigenvalue weighted by Gasteiger charge is 2.28. The van der Waals surface area contributed by atoms with Crippen molar-refractivity contribution in [3.8, 4) is 5.75 Å². The molecule has 1 aromatic heterocycles. The first kappa shape index (κ1) is 29.0. The van der Waals surface area contributed by atoms with Crippen molar-refractivity contribution in [3.05, 3.63) is 86.5 Å². The molecule has 2 aliphatic heterocycles. The summed E-state index contributed by atoms with van der Waals surface area (Å²) in [6.07, 6.45) is 3.96. The summed E-state index contributed by atoms with van der Waals surface area (Å²) in [5.41, 5.74) is 2.61. The third-order valence-corrected chi connectivity index (χ3v) is 8.79. The van der Waals surface area contributed by atoms with Gasteiger partial charge in [0.1, 0.15) is 11.6 Å². The number of ether oxygens (including phenoxy) is 1. The first-order valence-electron chi connectivity index (χ1n) is 13.6. The second kappa shape index (κ2) is 13.4. The van der Waals surface area contributed by atoms with Crippen LogP contribution in [0.2, 0.25) is 15.1 Å². The Balaban J connectivity index is 0.00000387. The number of nitrogens with one attached hydrogen (secondary N) is 1. The molecule has 7 nitrogen and oxygen atoms in total. The van der Waals surface area contributed by atoms with E-state index in [-0.39, 0.29) is 7.33 Å². The van der Waals surface area contributed by atoms with Gasteiger partial charge in [-0.2, -0.15) is 0 Å². The molecule has 40 heavy (non-hydrogen) atoms. The van der Waals surface area contributed by atoms with Gasteiger partial charge in [-0.25, -0.2) is 4.98 Å². The summed E-state index contributed by atoms with van der Waals surface area (Å²) in [6.45, 7) is 7.22. The second-order valence-electron chi connectivity index (χ2n) is 10.3. The van der Waals surface area contributed by atoms with E-state index in [9.17, 15) is 4.79 Å². The Hall–Kier alpha value is -2.55. The van der Waals surface area contributed by atoms with Crippen molar-refractivity contribution in [2.75, 3.05) is 51.3 Å². The Kier molecular flexibility index (Phi) is 9.71. The number of piperazine rings is 1. The molecule has 10 heteroatoms. The maximum atomic E-state index is 12.7. The molecule has 2 aromatic carbocycles. The molecule has 2 saturated heterocycles. The van der Waals surface area contributed by atoms with Crippen molar-refractivity contribution >= 4 is 46.5 Å². The van der Waals surface area contributed by atoms with E-state index < -0.39 is 0 Å². The Labute approximate surface area is 252 Å². The number of amides is 1. The largest absolute Gasteiger partial charge is 0.497 e. The molecule has 2 fully saturated rings. The van der Waals surface area contributed by atoms with Crippen LogP contribution in [0.5, 0.6) is 5.75 Å². The van der Waals surface area contributed by atoms with Crippen LogP contribution < -0.4 is 15.0 Å². The highest BCUT2D eigenvalue weighted by molar-refractivity contribution is 6.42. The zero-order chi connectivity index (χ0) is 28.1. The van der Waals surface area contributed by atoms with E-state index in [2.05, 4.69) is 37.1 Å². The molecular weight excluding hydrogens is 569 g/mol. The predicted octanol–water partition coefficient (Wildman–Crippen LogP) is 6.01. The lowest BCUT2D eigenvalue weighted by Crippen LogP contribution is -2.53. The highest BCUT2D eigenvalue weighted by Crippen LogP contribution is 2.27. The van der Waals surface area contributed by atoms with Crippen LogP contribution in [0.1, 0.15) is 35.8 Å². The van der Waals surface area contributed by atoms with Crippen LogP contribution in [-0.4, -0.2) is 73.1 Å². The van der Waals surface area contributed by atoms with Crippen molar-refractivity contribution in [3.63, 3.8) is 0 Å². The summed E-state index contributed by atoms with van der Waals surface area (Å²) < 4.78 is 5.27. The minimum absolute atomic E-state index is 0. The normalized spacial score (nSPS) is 17.1. The Bertz CT molecular complexity index is 1310. The lowest BCUT2D eigenvalue weighted by molar-refractivity contribution is 0.0950. The van der Waals surface area contributed by atoms with Crippen molar-refractivity contribution in [1.82, 2.24) is 20.1 Å². The van der Waals surface area contributed by atoms with E-state index in [0.29, 0.717) is 33.2 Å². The summed E-state index contributed by atoms with van der Waals surface area (Å²) in [5.74, 6) is 1.39. The van der Waals surface area contributed by atoms with E-state index >= 15 is 0 Å². The topological polar surface area (TPSA) is 60.9 Å². The van der Waals surface area contributed by atoms with E-state index in [4.69, 9.17) is 39.5 Å². The van der Waals surface area contributed by atoms with Gasteiger partial charge in [0.05, 0.1) is 27.7 Å². The number of carbonyl (C=O) groups is 1. The van der Waals surface area contributed by atoms with Crippen molar-refractivity contribution in [1.29, 1.82) is 0 Å². The molecule has 5 rings (SSSR count). The van der Waals surface area contributed by atoms with Gasteiger partial charge in [0.15, 0.2) is 0 Å². The number of hydrogen-bond acceptors (Lipinski definition) is 6. The van der Waals surface area contributed by atoms with Gasteiger partial charge in [-0.1, -0.05) is 53.0 Å². The van der Waals surface area contributed by atoms with Crippen molar-refractivity contribution in [2.45, 2.75) is 32.0 Å². The number of anilines is 1. The molecule has 0 unspecified atom stereocenters. The number of nitrogens with zero attached hydrogens (tertiary/aromatic N) is 4. The fourth-order valence-corrected chi connectivity index (χ4v) is 6.06. The van der Waals surface area contributed by atoms with Gasteiger partial charge in [-0.15, -0.1) is 0 Å². The van der Waals surface area contributed by atoms with Crippen LogP contribution in [0.4, 0.5) is 5.82 Å². The van der Waals surface area contributed by atoms with Crippen LogP contribution >= 0.6 is 34.8 Å². The second-order valence-corrected chi connectivity index (χ2v) is 11.6. The number of likely N-dealkylation sites (tertiary alicyclic amines) is 1. The average molecular weight is 605 g/mol. The van der Waals surface area contributed by atoms with E-state index in [0.717, 1.165) is 62.9 Å². The lowest BCUT2D eigenvalue weighted by Gasteiger charge is -2.43. The number of carbonyl (C=O) groups excluding carboxylic acids is 1. The fourth-order valence-electron chi connectivity index (χ4n) is 5.45. The number of benzene rings is 2. The van der Waals surface area contributed by atoms with Gasteiger partial charge in [-0.3, -0.25) is 14.6 Å². The molecule has 0 spiro atoms. The summed E-state index contributed by atoms with van der Waals surface area (Å²) in [4.78, 5) is 24.6. The van der Waals surface area contributed by atoms with Gasteiger partial charge in [-0.05, 0) is 67.4 Å².